The van der Waals surface area contributed by atoms with Crippen molar-refractivity contribution >= 4 is 18.3 Å². The van der Waals surface area contributed by atoms with E-state index in [0.29, 0.717) is 12.5 Å². The minimum absolute atomic E-state index is 0. The molecule has 0 radical (unpaired) electrons. The van der Waals surface area contributed by atoms with Crippen LogP contribution in [0, 0.1) is 11.3 Å². The van der Waals surface area contributed by atoms with E-state index in [2.05, 4.69) is 20.4 Å². The topological polar surface area (TPSA) is 46.3 Å². The van der Waals surface area contributed by atoms with Gasteiger partial charge < -0.3 is 10.6 Å². The predicted molar refractivity (Wildman–Crippen MR) is 78.8 cm³/mol. The van der Waals surface area contributed by atoms with Gasteiger partial charge in [0, 0.05) is 19.6 Å². The molecule has 3 nitrogen and oxygen atoms in total. The first-order chi connectivity index (χ1) is 8.13. The fourth-order valence-corrected chi connectivity index (χ4v) is 2.60. The zero-order valence-electron chi connectivity index (χ0n) is 11.7. The van der Waals surface area contributed by atoms with Crippen molar-refractivity contribution in [2.45, 2.75) is 39.5 Å². The Morgan fingerprint density at radius 3 is 2.22 bits per heavy atom. The van der Waals surface area contributed by atoms with E-state index >= 15 is 0 Å². The van der Waals surface area contributed by atoms with Gasteiger partial charge in [-0.2, -0.15) is 0 Å². The molecule has 1 amide bonds. The van der Waals surface area contributed by atoms with Crippen molar-refractivity contribution in [2.75, 3.05) is 19.6 Å². The van der Waals surface area contributed by atoms with Crippen LogP contribution in [-0.4, -0.2) is 30.4 Å². The summed E-state index contributed by atoms with van der Waals surface area (Å²) in [5.41, 5.74) is 5.49. The van der Waals surface area contributed by atoms with Gasteiger partial charge in [-0.1, -0.05) is 19.9 Å². The first-order valence-corrected chi connectivity index (χ1v) is 6.75. The molecule has 2 N–H and O–H groups in total. The van der Waals surface area contributed by atoms with Crippen molar-refractivity contribution in [1.82, 2.24) is 4.90 Å². The van der Waals surface area contributed by atoms with Crippen LogP contribution in [0.25, 0.3) is 0 Å². The number of carbonyl (C=O) groups is 1. The number of hydrogen-bond acceptors (Lipinski definition) is 2. The molecule has 0 aromatic rings. The number of allylic oxidation sites excluding steroid dienone is 1. The first-order valence-electron chi connectivity index (χ1n) is 6.75. The molecule has 4 heteroatoms. The normalized spacial score (nSPS) is 17.2. The van der Waals surface area contributed by atoms with Crippen molar-refractivity contribution in [2.24, 2.45) is 17.1 Å². The van der Waals surface area contributed by atoms with Crippen molar-refractivity contribution in [3.63, 3.8) is 0 Å². The molecule has 1 fully saturated rings. The highest BCUT2D eigenvalue weighted by Gasteiger charge is 2.37. The van der Waals surface area contributed by atoms with Gasteiger partial charge in [-0.05, 0) is 31.6 Å². The molecule has 0 bridgehead atoms. The molecule has 0 aromatic carbocycles. The van der Waals surface area contributed by atoms with Gasteiger partial charge in [0.05, 0.1) is 5.41 Å². The van der Waals surface area contributed by atoms with Gasteiger partial charge in [0.1, 0.15) is 0 Å². The fraction of sp³-hybridized carbons (Fsp3) is 0.786. The molecule has 0 atom stereocenters. The van der Waals surface area contributed by atoms with Gasteiger partial charge >= 0.3 is 0 Å². The summed E-state index contributed by atoms with van der Waals surface area (Å²) in [4.78, 5) is 14.5. The maximum atomic E-state index is 12.5. The Morgan fingerprint density at radius 1 is 1.39 bits per heavy atom. The Kier molecular flexibility index (Phi) is 7.56. The van der Waals surface area contributed by atoms with E-state index < -0.39 is 0 Å². The van der Waals surface area contributed by atoms with Crippen LogP contribution in [0.15, 0.2) is 12.7 Å². The average molecular weight is 275 g/mol. The summed E-state index contributed by atoms with van der Waals surface area (Å²) in [6.07, 6.45) is 5.77. The van der Waals surface area contributed by atoms with E-state index in [1.807, 2.05) is 11.0 Å². The first kappa shape index (κ1) is 17.5. The Morgan fingerprint density at radius 2 is 1.89 bits per heavy atom. The molecular weight excluding hydrogens is 248 g/mol. The molecule has 0 unspecified atom stereocenters. The van der Waals surface area contributed by atoms with Gasteiger partial charge in [0.25, 0.3) is 0 Å². The summed E-state index contributed by atoms with van der Waals surface area (Å²) >= 11 is 0. The average Bonchev–Trinajstić information content (AvgIpc) is 2.41. The number of rotatable bonds is 5. The van der Waals surface area contributed by atoms with Crippen LogP contribution in [0.4, 0.5) is 0 Å². The monoisotopic (exact) mass is 274 g/mol. The van der Waals surface area contributed by atoms with E-state index in [9.17, 15) is 4.79 Å². The largest absolute Gasteiger partial charge is 0.342 e. The van der Waals surface area contributed by atoms with Crippen molar-refractivity contribution in [1.29, 1.82) is 0 Å². The zero-order valence-corrected chi connectivity index (χ0v) is 12.5. The smallest absolute Gasteiger partial charge is 0.230 e. The van der Waals surface area contributed by atoms with Crippen LogP contribution < -0.4 is 5.73 Å². The van der Waals surface area contributed by atoms with Crippen LogP contribution in [0.3, 0.4) is 0 Å². The maximum absolute atomic E-state index is 12.5. The van der Waals surface area contributed by atoms with Crippen LogP contribution >= 0.6 is 12.4 Å². The second-order valence-electron chi connectivity index (χ2n) is 5.06. The lowest BCUT2D eigenvalue weighted by molar-refractivity contribution is -0.143. The molecule has 0 spiro atoms. The van der Waals surface area contributed by atoms with Crippen molar-refractivity contribution < 1.29 is 4.79 Å². The number of amides is 1. The van der Waals surface area contributed by atoms with Gasteiger partial charge in [-0.3, -0.25) is 4.79 Å². The minimum Gasteiger partial charge on any atom is -0.342 e. The number of halogens is 1. The van der Waals surface area contributed by atoms with Crippen LogP contribution in [0.5, 0.6) is 0 Å². The second-order valence-corrected chi connectivity index (χ2v) is 5.06. The number of nitrogens with two attached hydrogens (primary N) is 1. The third kappa shape index (κ3) is 3.48. The molecule has 1 saturated heterocycles. The molecule has 0 aromatic heterocycles. The van der Waals surface area contributed by atoms with Crippen LogP contribution in [0.1, 0.15) is 39.5 Å². The fourth-order valence-electron chi connectivity index (χ4n) is 2.60. The van der Waals surface area contributed by atoms with E-state index in [1.165, 1.54) is 0 Å². The van der Waals surface area contributed by atoms with E-state index in [0.717, 1.165) is 38.8 Å². The predicted octanol–water partition coefficient (Wildman–Crippen LogP) is 2.60. The number of likely N-dealkylation sites (tertiary alicyclic amines) is 1. The molecular formula is C14H27ClN2O. The third-order valence-electron chi connectivity index (χ3n) is 4.36. The summed E-state index contributed by atoms with van der Waals surface area (Å²) < 4.78 is 0. The van der Waals surface area contributed by atoms with Crippen LogP contribution in [-0.2, 0) is 4.79 Å². The van der Waals surface area contributed by atoms with Gasteiger partial charge in [0.15, 0.2) is 0 Å². The Hall–Kier alpha value is -0.540. The maximum Gasteiger partial charge on any atom is 0.230 e. The molecule has 18 heavy (non-hydrogen) atoms. The Bertz CT molecular complexity index is 261. The van der Waals surface area contributed by atoms with Crippen LogP contribution in [0.2, 0.25) is 0 Å². The number of nitrogens with zero attached hydrogens (tertiary/aromatic N) is 1. The minimum atomic E-state index is -0.332. The lowest BCUT2D eigenvalue weighted by Gasteiger charge is -2.38. The summed E-state index contributed by atoms with van der Waals surface area (Å²) in [5, 5.41) is 0. The van der Waals surface area contributed by atoms with E-state index in [1.54, 1.807) is 0 Å². The molecule has 0 saturated carbocycles. The molecule has 0 aliphatic carbocycles. The zero-order chi connectivity index (χ0) is 12.9. The lowest BCUT2D eigenvalue weighted by atomic mass is 9.80. The number of carbonyl (C=O) groups excluding carboxylic acids is 1. The van der Waals surface area contributed by atoms with Gasteiger partial charge in [-0.25, -0.2) is 0 Å². The highest BCUT2D eigenvalue weighted by Crippen LogP contribution is 2.30. The van der Waals surface area contributed by atoms with Gasteiger partial charge in [-0.15, -0.1) is 19.0 Å². The highest BCUT2D eigenvalue weighted by atomic mass is 35.5. The molecule has 1 rings (SSSR count). The lowest BCUT2D eigenvalue weighted by Crippen LogP contribution is -2.50. The standard InChI is InChI=1S/C14H26N2O.ClH/c1-4-12-7-9-16(10-8-12)13(17)14(5-2,6-3)11-15;/h4,12H,1,5-11,15H2,2-3H3;1H. The van der Waals surface area contributed by atoms with Crippen molar-refractivity contribution in [3.05, 3.63) is 12.7 Å². The van der Waals surface area contributed by atoms with E-state index in [4.69, 9.17) is 5.73 Å². The SMILES string of the molecule is C=CC1CCN(C(=O)C(CC)(CC)CN)CC1.Cl. The number of piperidine rings is 1. The second kappa shape index (κ2) is 7.80. The molecule has 1 aliphatic heterocycles. The Labute approximate surface area is 117 Å². The summed E-state index contributed by atoms with van der Waals surface area (Å²) in [5.74, 6) is 0.835. The summed E-state index contributed by atoms with van der Waals surface area (Å²) in [6.45, 7) is 10.1. The molecule has 1 aliphatic rings. The van der Waals surface area contributed by atoms with E-state index in [-0.39, 0.29) is 23.7 Å². The highest BCUT2D eigenvalue weighted by molar-refractivity contribution is 5.85. The number of hydrogen-bond donors (Lipinski definition) is 1. The molecule has 106 valence electrons. The summed E-state index contributed by atoms with van der Waals surface area (Å²) in [7, 11) is 0. The van der Waals surface area contributed by atoms with Crippen molar-refractivity contribution in [3.8, 4) is 0 Å². The molecule has 1 heterocycles. The Balaban J connectivity index is 0.00000289. The quantitative estimate of drug-likeness (QED) is 0.784. The van der Waals surface area contributed by atoms with Gasteiger partial charge in [0.2, 0.25) is 5.91 Å². The summed E-state index contributed by atoms with van der Waals surface area (Å²) in [6, 6.07) is 0. The third-order valence-corrected chi connectivity index (χ3v) is 4.36.